The largest absolute Gasteiger partial charge is 0.437 e. The van der Waals surface area contributed by atoms with Gasteiger partial charge in [0.2, 0.25) is 5.88 Å². The van der Waals surface area contributed by atoms with Crippen molar-refractivity contribution in [2.24, 2.45) is 0 Å². The van der Waals surface area contributed by atoms with Crippen LogP contribution in [0.25, 0.3) is 0 Å². The predicted molar refractivity (Wildman–Crippen MR) is 68.3 cm³/mol. The SMILES string of the molecule is O=[N+]([O-])c1ccc(Cl)c(Oc2ccc(CO)cn2)c1. The van der Waals surface area contributed by atoms with Gasteiger partial charge in [-0.05, 0) is 17.7 Å². The number of hydrogen-bond donors (Lipinski definition) is 1. The lowest BCUT2D eigenvalue weighted by molar-refractivity contribution is -0.384. The van der Waals surface area contributed by atoms with E-state index in [1.165, 1.54) is 24.4 Å². The molecule has 6 nitrogen and oxygen atoms in total. The Morgan fingerprint density at radius 2 is 2.16 bits per heavy atom. The fraction of sp³-hybridized carbons (Fsp3) is 0.0833. The van der Waals surface area contributed by atoms with E-state index in [1.807, 2.05) is 0 Å². The highest BCUT2D eigenvalue weighted by molar-refractivity contribution is 6.32. The average Bonchev–Trinajstić information content (AvgIpc) is 2.42. The van der Waals surface area contributed by atoms with Crippen molar-refractivity contribution in [3.63, 3.8) is 0 Å². The summed E-state index contributed by atoms with van der Waals surface area (Å²) in [6.45, 7) is -0.120. The number of aliphatic hydroxyl groups excluding tert-OH is 1. The van der Waals surface area contributed by atoms with Crippen LogP contribution < -0.4 is 4.74 Å². The molecule has 19 heavy (non-hydrogen) atoms. The van der Waals surface area contributed by atoms with Crippen molar-refractivity contribution in [3.8, 4) is 11.6 Å². The molecule has 98 valence electrons. The predicted octanol–water partition coefficient (Wildman–Crippen LogP) is 2.93. The van der Waals surface area contributed by atoms with Crippen LogP contribution in [0.1, 0.15) is 5.56 Å². The van der Waals surface area contributed by atoms with Crippen LogP contribution in [-0.4, -0.2) is 15.0 Å². The van der Waals surface area contributed by atoms with Crippen LogP contribution in [0.2, 0.25) is 5.02 Å². The number of halogens is 1. The van der Waals surface area contributed by atoms with Gasteiger partial charge >= 0.3 is 0 Å². The molecule has 2 aromatic rings. The molecule has 0 aliphatic carbocycles. The van der Waals surface area contributed by atoms with Gasteiger partial charge in [-0.15, -0.1) is 0 Å². The van der Waals surface area contributed by atoms with Gasteiger partial charge in [0.15, 0.2) is 5.75 Å². The summed E-state index contributed by atoms with van der Waals surface area (Å²) in [5.74, 6) is 0.389. The highest BCUT2D eigenvalue weighted by Gasteiger charge is 2.11. The van der Waals surface area contributed by atoms with Crippen molar-refractivity contribution >= 4 is 17.3 Å². The molecular formula is C12H9ClN2O4. The molecule has 7 heteroatoms. The first-order chi connectivity index (χ1) is 9.10. The van der Waals surface area contributed by atoms with E-state index in [4.69, 9.17) is 21.4 Å². The van der Waals surface area contributed by atoms with Gasteiger partial charge in [0.25, 0.3) is 5.69 Å². The van der Waals surface area contributed by atoms with Crippen LogP contribution in [0.4, 0.5) is 5.69 Å². The first-order valence-corrected chi connectivity index (χ1v) is 5.65. The zero-order valence-electron chi connectivity index (χ0n) is 9.62. The number of nitro benzene ring substituents is 1. The van der Waals surface area contributed by atoms with Gasteiger partial charge < -0.3 is 9.84 Å². The fourth-order valence-corrected chi connectivity index (χ4v) is 1.52. The third-order valence-electron chi connectivity index (χ3n) is 2.32. The number of aromatic nitrogens is 1. The third kappa shape index (κ3) is 3.18. The van der Waals surface area contributed by atoms with E-state index in [0.717, 1.165) is 0 Å². The topological polar surface area (TPSA) is 85.5 Å². The summed E-state index contributed by atoms with van der Waals surface area (Å²) in [7, 11) is 0. The Hall–Kier alpha value is -2.18. The number of aliphatic hydroxyl groups is 1. The lowest BCUT2D eigenvalue weighted by atomic mass is 10.3. The first-order valence-electron chi connectivity index (χ1n) is 5.27. The zero-order valence-corrected chi connectivity index (χ0v) is 10.4. The second kappa shape index (κ2) is 5.64. The van der Waals surface area contributed by atoms with Crippen LogP contribution in [0, 0.1) is 10.1 Å². The summed E-state index contributed by atoms with van der Waals surface area (Å²) < 4.78 is 5.37. The van der Waals surface area contributed by atoms with Crippen LogP contribution in [0.5, 0.6) is 11.6 Å². The number of non-ortho nitro benzene ring substituents is 1. The Kier molecular flexibility index (Phi) is 3.94. The molecule has 0 aliphatic rings. The lowest BCUT2D eigenvalue weighted by Crippen LogP contribution is -1.93. The first kappa shape index (κ1) is 13.3. The van der Waals surface area contributed by atoms with Crippen molar-refractivity contribution in [2.45, 2.75) is 6.61 Å². The van der Waals surface area contributed by atoms with Crippen molar-refractivity contribution in [3.05, 3.63) is 57.2 Å². The second-order valence-corrected chi connectivity index (χ2v) is 4.04. The van der Waals surface area contributed by atoms with E-state index in [1.54, 1.807) is 12.1 Å². The summed E-state index contributed by atoms with van der Waals surface area (Å²) in [6.07, 6.45) is 1.45. The number of rotatable bonds is 4. The molecule has 0 bridgehead atoms. The van der Waals surface area contributed by atoms with E-state index in [2.05, 4.69) is 4.98 Å². The van der Waals surface area contributed by atoms with Gasteiger partial charge in [0, 0.05) is 18.3 Å². The summed E-state index contributed by atoms with van der Waals surface area (Å²) in [6, 6.07) is 7.08. The molecule has 1 N–H and O–H groups in total. The van der Waals surface area contributed by atoms with E-state index in [-0.39, 0.29) is 28.9 Å². The van der Waals surface area contributed by atoms with Crippen molar-refractivity contribution in [1.29, 1.82) is 0 Å². The highest BCUT2D eigenvalue weighted by Crippen LogP contribution is 2.31. The monoisotopic (exact) mass is 280 g/mol. The van der Waals surface area contributed by atoms with Crippen molar-refractivity contribution in [2.75, 3.05) is 0 Å². The Morgan fingerprint density at radius 3 is 2.74 bits per heavy atom. The van der Waals surface area contributed by atoms with E-state index in [9.17, 15) is 10.1 Å². The molecule has 0 unspecified atom stereocenters. The average molecular weight is 281 g/mol. The third-order valence-corrected chi connectivity index (χ3v) is 2.63. The number of hydrogen-bond acceptors (Lipinski definition) is 5. The number of pyridine rings is 1. The summed E-state index contributed by atoms with van der Waals surface area (Å²) in [5, 5.41) is 19.8. The summed E-state index contributed by atoms with van der Waals surface area (Å²) in [4.78, 5) is 14.1. The Bertz CT molecular complexity index is 601. The lowest BCUT2D eigenvalue weighted by Gasteiger charge is -2.06. The second-order valence-electron chi connectivity index (χ2n) is 3.64. The van der Waals surface area contributed by atoms with Crippen LogP contribution in [0.3, 0.4) is 0 Å². The molecule has 0 saturated heterocycles. The van der Waals surface area contributed by atoms with Crippen molar-refractivity contribution in [1.82, 2.24) is 4.98 Å². The summed E-state index contributed by atoms with van der Waals surface area (Å²) in [5.41, 5.74) is 0.517. The van der Waals surface area contributed by atoms with Crippen LogP contribution >= 0.6 is 11.6 Å². The summed E-state index contributed by atoms with van der Waals surface area (Å²) >= 11 is 5.89. The maximum absolute atomic E-state index is 10.7. The quantitative estimate of drug-likeness (QED) is 0.687. The number of nitro groups is 1. The molecule has 0 saturated carbocycles. The van der Waals surface area contributed by atoms with E-state index < -0.39 is 4.92 Å². The minimum absolute atomic E-state index is 0.119. The Balaban J connectivity index is 2.26. The zero-order chi connectivity index (χ0) is 13.8. The smallest absolute Gasteiger partial charge is 0.273 e. The van der Waals surface area contributed by atoms with Gasteiger partial charge in [-0.1, -0.05) is 11.6 Å². The van der Waals surface area contributed by atoms with Crippen LogP contribution in [0.15, 0.2) is 36.5 Å². The molecule has 0 radical (unpaired) electrons. The molecule has 2 rings (SSSR count). The molecule has 1 heterocycles. The fourth-order valence-electron chi connectivity index (χ4n) is 1.36. The number of nitrogens with zero attached hydrogens (tertiary/aromatic N) is 2. The minimum atomic E-state index is -0.536. The van der Waals surface area contributed by atoms with Crippen molar-refractivity contribution < 1.29 is 14.8 Å². The minimum Gasteiger partial charge on any atom is -0.437 e. The van der Waals surface area contributed by atoms with Gasteiger partial charge in [0.1, 0.15) is 0 Å². The van der Waals surface area contributed by atoms with Gasteiger partial charge in [-0.2, -0.15) is 0 Å². The molecule has 0 amide bonds. The van der Waals surface area contributed by atoms with Gasteiger partial charge in [-0.3, -0.25) is 10.1 Å². The van der Waals surface area contributed by atoms with Gasteiger partial charge in [0.05, 0.1) is 22.6 Å². The molecular weight excluding hydrogens is 272 g/mol. The van der Waals surface area contributed by atoms with E-state index >= 15 is 0 Å². The molecule has 0 atom stereocenters. The van der Waals surface area contributed by atoms with Gasteiger partial charge in [-0.25, -0.2) is 4.98 Å². The van der Waals surface area contributed by atoms with Crippen LogP contribution in [-0.2, 0) is 6.61 Å². The Morgan fingerprint density at radius 1 is 1.37 bits per heavy atom. The normalized spacial score (nSPS) is 10.2. The molecule has 1 aromatic carbocycles. The molecule has 0 aliphatic heterocycles. The highest BCUT2D eigenvalue weighted by atomic mass is 35.5. The molecule has 0 fully saturated rings. The maximum atomic E-state index is 10.7. The molecule has 0 spiro atoms. The Labute approximate surface area is 113 Å². The van der Waals surface area contributed by atoms with E-state index in [0.29, 0.717) is 5.56 Å². The standard InChI is InChI=1S/C12H9ClN2O4/c13-10-3-2-9(15(17)18)5-11(10)19-12-4-1-8(7-16)6-14-12/h1-6,16H,7H2. The number of benzene rings is 1. The number of ether oxygens (including phenoxy) is 1. The maximum Gasteiger partial charge on any atom is 0.273 e. The molecule has 1 aromatic heterocycles.